The van der Waals surface area contributed by atoms with Crippen molar-refractivity contribution in [2.75, 3.05) is 41.8 Å². The lowest BCUT2D eigenvalue weighted by Gasteiger charge is -2.29. The van der Waals surface area contributed by atoms with Gasteiger partial charge in [-0.05, 0) is 67.6 Å². The number of fused-ring (bicyclic) bond motifs is 1. The molecule has 1 aromatic heterocycles. The Kier molecular flexibility index (Phi) is 6.00. The molecule has 0 unspecified atom stereocenters. The fraction of sp³-hybridized carbons (Fsp3) is 0.222. The molecule has 1 aliphatic rings. The molecule has 4 aromatic rings. The van der Waals surface area contributed by atoms with Crippen molar-refractivity contribution in [2.45, 2.75) is 13.0 Å². The van der Waals surface area contributed by atoms with E-state index in [0.717, 1.165) is 65.7 Å². The summed E-state index contributed by atoms with van der Waals surface area (Å²) >= 11 is 0. The normalized spacial score (nSPS) is 14.8. The van der Waals surface area contributed by atoms with Gasteiger partial charge in [-0.25, -0.2) is 0 Å². The van der Waals surface area contributed by atoms with Crippen LogP contribution in [0.15, 0.2) is 83.3 Å². The zero-order valence-electron chi connectivity index (χ0n) is 18.6. The lowest BCUT2D eigenvalue weighted by Crippen LogP contribution is -2.36. The molecular weight excluding hydrogens is 414 g/mol. The number of nitrogens with zero attached hydrogens (tertiary/aromatic N) is 1. The van der Waals surface area contributed by atoms with Gasteiger partial charge in [-0.15, -0.1) is 0 Å². The minimum absolute atomic E-state index is 0.0875. The van der Waals surface area contributed by atoms with Gasteiger partial charge in [0.2, 0.25) is 5.91 Å². The van der Waals surface area contributed by atoms with Gasteiger partial charge in [-0.3, -0.25) is 4.79 Å². The molecular formula is C27H27N3O3. The smallest absolute Gasteiger partial charge is 0.246 e. The number of morpholine rings is 1. The van der Waals surface area contributed by atoms with Gasteiger partial charge in [0, 0.05) is 41.1 Å². The predicted octanol–water partition coefficient (Wildman–Crippen LogP) is 5.38. The Morgan fingerprint density at radius 1 is 0.909 bits per heavy atom. The van der Waals surface area contributed by atoms with E-state index in [1.54, 1.807) is 0 Å². The Bertz CT molecular complexity index is 1190. The minimum atomic E-state index is -0.388. The first-order valence-corrected chi connectivity index (χ1v) is 11.2. The average molecular weight is 442 g/mol. The molecule has 1 fully saturated rings. The van der Waals surface area contributed by atoms with Crippen molar-refractivity contribution in [1.29, 1.82) is 0 Å². The lowest BCUT2D eigenvalue weighted by molar-refractivity contribution is -0.116. The average Bonchev–Trinajstić information content (AvgIpc) is 3.30. The second-order valence-electron chi connectivity index (χ2n) is 8.23. The second kappa shape index (κ2) is 9.38. The molecule has 1 saturated heterocycles. The van der Waals surface area contributed by atoms with Gasteiger partial charge in [-0.2, -0.15) is 0 Å². The van der Waals surface area contributed by atoms with Gasteiger partial charge >= 0.3 is 0 Å². The molecule has 5 rings (SSSR count). The maximum atomic E-state index is 12.7. The van der Waals surface area contributed by atoms with Crippen molar-refractivity contribution in [3.8, 4) is 11.3 Å². The standard InChI is InChI=1S/C27H27N3O3/c1-19(27(31)29-23-10-12-24(13-11-23)30-14-16-32-17-15-30)28-22-8-6-20(7-9-22)26-18-21-4-2-3-5-25(21)33-26/h2-13,18-19,28H,14-17H2,1H3,(H,29,31)/t19-/m1/s1. The molecule has 0 saturated carbocycles. The van der Waals surface area contributed by atoms with E-state index in [0.29, 0.717) is 0 Å². The molecule has 0 radical (unpaired) electrons. The maximum Gasteiger partial charge on any atom is 0.246 e. The zero-order chi connectivity index (χ0) is 22.6. The Balaban J connectivity index is 1.18. The van der Waals surface area contributed by atoms with Crippen LogP contribution in [-0.2, 0) is 9.53 Å². The summed E-state index contributed by atoms with van der Waals surface area (Å²) in [4.78, 5) is 15.0. The molecule has 33 heavy (non-hydrogen) atoms. The third-order valence-electron chi connectivity index (χ3n) is 5.88. The summed E-state index contributed by atoms with van der Waals surface area (Å²) in [5.74, 6) is 0.740. The van der Waals surface area contributed by atoms with E-state index in [1.165, 1.54) is 0 Å². The highest BCUT2D eigenvalue weighted by molar-refractivity contribution is 5.96. The number of carbonyl (C=O) groups excluding carboxylic acids is 1. The molecule has 6 nitrogen and oxygen atoms in total. The first kappa shape index (κ1) is 21.1. The van der Waals surface area contributed by atoms with E-state index >= 15 is 0 Å². The number of hydrogen-bond acceptors (Lipinski definition) is 5. The van der Waals surface area contributed by atoms with Crippen molar-refractivity contribution >= 4 is 33.9 Å². The summed E-state index contributed by atoms with van der Waals surface area (Å²) in [6, 6.07) is 25.5. The quantitative estimate of drug-likeness (QED) is 0.421. The summed E-state index contributed by atoms with van der Waals surface area (Å²) in [7, 11) is 0. The van der Waals surface area contributed by atoms with E-state index in [1.807, 2.05) is 85.8 Å². The highest BCUT2D eigenvalue weighted by Gasteiger charge is 2.15. The molecule has 3 aromatic carbocycles. The van der Waals surface area contributed by atoms with Crippen LogP contribution < -0.4 is 15.5 Å². The third-order valence-corrected chi connectivity index (χ3v) is 5.88. The van der Waals surface area contributed by atoms with Crippen LogP contribution >= 0.6 is 0 Å². The second-order valence-corrected chi connectivity index (χ2v) is 8.23. The largest absolute Gasteiger partial charge is 0.456 e. The topological polar surface area (TPSA) is 66.7 Å². The number of anilines is 3. The number of ether oxygens (including phenoxy) is 1. The number of benzene rings is 3. The van der Waals surface area contributed by atoms with Crippen LogP contribution in [0.5, 0.6) is 0 Å². The van der Waals surface area contributed by atoms with Crippen LogP contribution in [-0.4, -0.2) is 38.3 Å². The molecule has 2 heterocycles. The SMILES string of the molecule is C[C@@H](Nc1ccc(-c2cc3ccccc3o2)cc1)C(=O)Nc1ccc(N2CCOCC2)cc1. The molecule has 0 spiro atoms. The summed E-state index contributed by atoms with van der Waals surface area (Å²) in [5, 5.41) is 7.33. The Morgan fingerprint density at radius 3 is 2.33 bits per heavy atom. The molecule has 1 aliphatic heterocycles. The van der Waals surface area contributed by atoms with E-state index in [9.17, 15) is 4.79 Å². The van der Waals surface area contributed by atoms with E-state index in [-0.39, 0.29) is 11.9 Å². The van der Waals surface area contributed by atoms with Gasteiger partial charge in [-0.1, -0.05) is 18.2 Å². The van der Waals surface area contributed by atoms with Crippen molar-refractivity contribution in [2.24, 2.45) is 0 Å². The molecule has 1 atom stereocenters. The maximum absolute atomic E-state index is 12.7. The fourth-order valence-corrected chi connectivity index (χ4v) is 4.00. The van der Waals surface area contributed by atoms with Gasteiger partial charge in [0.15, 0.2) is 0 Å². The van der Waals surface area contributed by atoms with Crippen molar-refractivity contribution < 1.29 is 13.9 Å². The molecule has 168 valence electrons. The Morgan fingerprint density at radius 2 is 1.61 bits per heavy atom. The summed E-state index contributed by atoms with van der Waals surface area (Å²) < 4.78 is 11.3. The van der Waals surface area contributed by atoms with Gasteiger partial charge < -0.3 is 24.7 Å². The number of para-hydroxylation sites is 1. The highest BCUT2D eigenvalue weighted by atomic mass is 16.5. The zero-order valence-corrected chi connectivity index (χ0v) is 18.6. The number of hydrogen-bond donors (Lipinski definition) is 2. The molecule has 2 N–H and O–H groups in total. The van der Waals surface area contributed by atoms with Crippen LogP contribution in [0.1, 0.15) is 6.92 Å². The highest BCUT2D eigenvalue weighted by Crippen LogP contribution is 2.28. The first-order valence-electron chi connectivity index (χ1n) is 11.2. The number of carbonyl (C=O) groups is 1. The molecule has 6 heteroatoms. The van der Waals surface area contributed by atoms with Crippen LogP contribution in [0.3, 0.4) is 0 Å². The number of furan rings is 1. The molecule has 0 bridgehead atoms. The summed E-state index contributed by atoms with van der Waals surface area (Å²) in [5.41, 5.74) is 4.67. The predicted molar refractivity (Wildman–Crippen MR) is 133 cm³/mol. The van der Waals surface area contributed by atoms with Crippen LogP contribution in [0.2, 0.25) is 0 Å². The summed E-state index contributed by atoms with van der Waals surface area (Å²) in [6.45, 7) is 5.13. The van der Waals surface area contributed by atoms with Gasteiger partial charge in [0.05, 0.1) is 13.2 Å². The lowest BCUT2D eigenvalue weighted by atomic mass is 10.1. The summed E-state index contributed by atoms with van der Waals surface area (Å²) in [6.07, 6.45) is 0. The Hall–Kier alpha value is -3.77. The number of rotatable bonds is 6. The molecule has 0 aliphatic carbocycles. The van der Waals surface area contributed by atoms with Crippen molar-refractivity contribution in [1.82, 2.24) is 0 Å². The van der Waals surface area contributed by atoms with Gasteiger partial charge in [0.1, 0.15) is 17.4 Å². The molecule has 1 amide bonds. The Labute approximate surface area is 193 Å². The third kappa shape index (κ3) is 4.86. The first-order chi connectivity index (χ1) is 16.2. The van der Waals surface area contributed by atoms with Crippen LogP contribution in [0.25, 0.3) is 22.3 Å². The van der Waals surface area contributed by atoms with Crippen molar-refractivity contribution in [3.63, 3.8) is 0 Å². The minimum Gasteiger partial charge on any atom is -0.456 e. The van der Waals surface area contributed by atoms with Crippen molar-refractivity contribution in [3.05, 3.63) is 78.9 Å². The van der Waals surface area contributed by atoms with Gasteiger partial charge in [0.25, 0.3) is 0 Å². The van der Waals surface area contributed by atoms with E-state index in [4.69, 9.17) is 9.15 Å². The number of amides is 1. The van der Waals surface area contributed by atoms with Crippen LogP contribution in [0.4, 0.5) is 17.1 Å². The fourth-order valence-electron chi connectivity index (χ4n) is 4.00. The van der Waals surface area contributed by atoms with E-state index < -0.39 is 0 Å². The van der Waals surface area contributed by atoms with E-state index in [2.05, 4.69) is 15.5 Å². The van der Waals surface area contributed by atoms with Crippen LogP contribution in [0, 0.1) is 0 Å². The number of nitrogens with one attached hydrogen (secondary N) is 2. The monoisotopic (exact) mass is 441 g/mol.